The number of rotatable bonds is 3. The van der Waals surface area contributed by atoms with Gasteiger partial charge in [0.25, 0.3) is 0 Å². The lowest BCUT2D eigenvalue weighted by atomic mass is 10.1. The van der Waals surface area contributed by atoms with Crippen LogP contribution in [0.5, 0.6) is 5.75 Å². The summed E-state index contributed by atoms with van der Waals surface area (Å²) in [7, 11) is 1.55. The number of methoxy groups -OCH3 is 1. The van der Waals surface area contributed by atoms with Gasteiger partial charge < -0.3 is 10.1 Å². The lowest BCUT2D eigenvalue weighted by molar-refractivity contribution is 0.414. The molecule has 0 fully saturated rings. The molecule has 0 spiro atoms. The van der Waals surface area contributed by atoms with Crippen molar-refractivity contribution in [3.05, 3.63) is 53.1 Å². The van der Waals surface area contributed by atoms with Gasteiger partial charge in [-0.1, -0.05) is 0 Å². The second-order valence-electron chi connectivity index (χ2n) is 4.21. The van der Waals surface area contributed by atoms with Crippen LogP contribution in [0.4, 0.5) is 20.2 Å². The van der Waals surface area contributed by atoms with E-state index in [1.165, 1.54) is 12.1 Å². The minimum absolute atomic E-state index is 0.0187. The Hall–Kier alpha value is -2.61. The van der Waals surface area contributed by atoms with Gasteiger partial charge in [0, 0.05) is 5.69 Å². The molecule has 0 heterocycles. The van der Waals surface area contributed by atoms with Crippen LogP contribution in [0.3, 0.4) is 0 Å². The number of halogens is 2. The Morgan fingerprint density at radius 1 is 1.10 bits per heavy atom. The highest BCUT2D eigenvalue weighted by Gasteiger charge is 2.13. The number of nitrogens with one attached hydrogen (secondary N) is 1. The molecule has 102 valence electrons. The summed E-state index contributed by atoms with van der Waals surface area (Å²) in [5.74, 6) is -1.54. The fourth-order valence-corrected chi connectivity index (χ4v) is 1.78. The first-order chi connectivity index (χ1) is 9.56. The first kappa shape index (κ1) is 13.8. The van der Waals surface area contributed by atoms with Crippen LogP contribution in [-0.2, 0) is 0 Å². The van der Waals surface area contributed by atoms with Gasteiger partial charge in [0.15, 0.2) is 11.6 Å². The number of benzene rings is 2. The first-order valence-corrected chi connectivity index (χ1v) is 5.86. The number of hydrogen-bond acceptors (Lipinski definition) is 3. The summed E-state index contributed by atoms with van der Waals surface area (Å²) in [6.45, 7) is 1.82. The second kappa shape index (κ2) is 5.57. The summed E-state index contributed by atoms with van der Waals surface area (Å²) in [6, 6.07) is 9.37. The lowest BCUT2D eigenvalue weighted by Crippen LogP contribution is -2.00. The number of nitriles is 1. The Labute approximate surface area is 115 Å². The summed E-state index contributed by atoms with van der Waals surface area (Å²) in [5, 5.41) is 11.4. The maximum atomic E-state index is 13.8. The van der Waals surface area contributed by atoms with Crippen LogP contribution in [0.15, 0.2) is 30.3 Å². The van der Waals surface area contributed by atoms with Gasteiger partial charge in [-0.15, -0.1) is 0 Å². The van der Waals surface area contributed by atoms with Gasteiger partial charge in [0.1, 0.15) is 11.8 Å². The predicted molar refractivity (Wildman–Crippen MR) is 72.1 cm³/mol. The molecule has 0 saturated heterocycles. The molecule has 0 aliphatic rings. The second-order valence-corrected chi connectivity index (χ2v) is 4.21. The quantitative estimate of drug-likeness (QED) is 0.923. The third-order valence-corrected chi connectivity index (χ3v) is 2.91. The van der Waals surface area contributed by atoms with Crippen molar-refractivity contribution in [2.45, 2.75) is 6.92 Å². The van der Waals surface area contributed by atoms with Crippen molar-refractivity contribution in [2.24, 2.45) is 0 Å². The average Bonchev–Trinajstić information content (AvgIpc) is 2.46. The molecule has 0 amide bonds. The topological polar surface area (TPSA) is 45.0 Å². The molecular weight excluding hydrogens is 262 g/mol. The van der Waals surface area contributed by atoms with Crippen molar-refractivity contribution in [1.82, 2.24) is 0 Å². The summed E-state index contributed by atoms with van der Waals surface area (Å²) in [5.41, 5.74) is 1.12. The van der Waals surface area contributed by atoms with Crippen LogP contribution in [0.25, 0.3) is 0 Å². The Balaban J connectivity index is 2.36. The van der Waals surface area contributed by atoms with E-state index in [1.54, 1.807) is 31.4 Å². The highest BCUT2D eigenvalue weighted by Crippen LogP contribution is 2.27. The van der Waals surface area contributed by atoms with Crippen molar-refractivity contribution in [2.75, 3.05) is 12.4 Å². The van der Waals surface area contributed by atoms with Crippen molar-refractivity contribution in [3.63, 3.8) is 0 Å². The number of ether oxygens (including phenoxy) is 1. The molecule has 2 aromatic carbocycles. The van der Waals surface area contributed by atoms with E-state index < -0.39 is 11.6 Å². The Morgan fingerprint density at radius 3 is 2.40 bits per heavy atom. The molecule has 2 aromatic rings. The van der Waals surface area contributed by atoms with Crippen molar-refractivity contribution < 1.29 is 13.5 Å². The molecule has 0 atom stereocenters. The Morgan fingerprint density at radius 2 is 1.80 bits per heavy atom. The molecular formula is C15H12F2N2O. The third-order valence-electron chi connectivity index (χ3n) is 2.91. The Kier molecular flexibility index (Phi) is 3.85. The zero-order valence-corrected chi connectivity index (χ0v) is 11.0. The lowest BCUT2D eigenvalue weighted by Gasteiger charge is -2.12. The average molecular weight is 274 g/mol. The largest absolute Gasteiger partial charge is 0.497 e. The van der Waals surface area contributed by atoms with E-state index >= 15 is 0 Å². The van der Waals surface area contributed by atoms with Crippen molar-refractivity contribution >= 4 is 11.4 Å². The summed E-state index contributed by atoms with van der Waals surface area (Å²) in [4.78, 5) is 0. The van der Waals surface area contributed by atoms with Crippen LogP contribution >= 0.6 is 0 Å². The molecule has 3 nitrogen and oxygen atoms in total. The van der Waals surface area contributed by atoms with Crippen LogP contribution < -0.4 is 10.1 Å². The van der Waals surface area contributed by atoms with Gasteiger partial charge in [-0.05, 0) is 42.8 Å². The summed E-state index contributed by atoms with van der Waals surface area (Å²) in [6.07, 6.45) is 0. The summed E-state index contributed by atoms with van der Waals surface area (Å²) < 4.78 is 32.4. The number of nitrogens with zero attached hydrogens (tertiary/aromatic N) is 1. The van der Waals surface area contributed by atoms with Crippen LogP contribution in [0, 0.1) is 29.9 Å². The monoisotopic (exact) mass is 274 g/mol. The van der Waals surface area contributed by atoms with Crippen LogP contribution in [-0.4, -0.2) is 7.11 Å². The molecule has 0 radical (unpaired) electrons. The van der Waals surface area contributed by atoms with Crippen molar-refractivity contribution in [1.29, 1.82) is 5.26 Å². The predicted octanol–water partition coefficient (Wildman–Crippen LogP) is 3.90. The van der Waals surface area contributed by atoms with E-state index in [4.69, 9.17) is 10.00 Å². The van der Waals surface area contributed by atoms with E-state index in [2.05, 4.69) is 5.32 Å². The molecule has 20 heavy (non-hydrogen) atoms. The molecule has 0 unspecified atom stereocenters. The van der Waals surface area contributed by atoms with E-state index in [9.17, 15) is 8.78 Å². The third kappa shape index (κ3) is 2.54. The molecule has 0 aromatic heterocycles. The minimum atomic E-state index is -1.15. The highest BCUT2D eigenvalue weighted by atomic mass is 19.2. The van der Waals surface area contributed by atoms with Crippen molar-refractivity contribution in [3.8, 4) is 11.8 Å². The minimum Gasteiger partial charge on any atom is -0.497 e. The number of anilines is 2. The molecule has 2 rings (SSSR count). The first-order valence-electron chi connectivity index (χ1n) is 5.86. The summed E-state index contributed by atoms with van der Waals surface area (Å²) >= 11 is 0. The van der Waals surface area contributed by atoms with Gasteiger partial charge in [0.2, 0.25) is 0 Å². The molecule has 0 saturated carbocycles. The SMILES string of the molecule is COc1ccc(Nc2ccc(C#N)c(F)c2F)c(C)c1. The standard InChI is InChI=1S/C15H12F2N2O/c1-9-7-11(20-2)4-6-12(9)19-13-5-3-10(8-18)14(16)15(13)17/h3-7,19H,1-2H3. The molecule has 0 bridgehead atoms. The fourth-order valence-electron chi connectivity index (χ4n) is 1.78. The van der Waals surface area contributed by atoms with E-state index in [0.717, 1.165) is 5.56 Å². The molecule has 5 heteroatoms. The van der Waals surface area contributed by atoms with Gasteiger partial charge in [-0.3, -0.25) is 0 Å². The van der Waals surface area contributed by atoms with Crippen LogP contribution in [0.2, 0.25) is 0 Å². The van der Waals surface area contributed by atoms with Crippen LogP contribution in [0.1, 0.15) is 11.1 Å². The van der Waals surface area contributed by atoms with E-state index in [0.29, 0.717) is 11.4 Å². The van der Waals surface area contributed by atoms with Gasteiger partial charge >= 0.3 is 0 Å². The molecule has 1 N–H and O–H groups in total. The normalized spacial score (nSPS) is 9.95. The Bertz CT molecular complexity index is 693. The van der Waals surface area contributed by atoms with E-state index in [-0.39, 0.29) is 11.3 Å². The van der Waals surface area contributed by atoms with Gasteiger partial charge in [-0.25, -0.2) is 8.78 Å². The zero-order chi connectivity index (χ0) is 14.7. The number of aryl methyl sites for hydroxylation is 1. The fraction of sp³-hybridized carbons (Fsp3) is 0.133. The highest BCUT2D eigenvalue weighted by molar-refractivity contribution is 5.65. The maximum absolute atomic E-state index is 13.8. The van der Waals surface area contributed by atoms with Gasteiger partial charge in [0.05, 0.1) is 18.4 Å². The van der Waals surface area contributed by atoms with Gasteiger partial charge in [-0.2, -0.15) is 5.26 Å². The van der Waals surface area contributed by atoms with E-state index in [1.807, 2.05) is 6.92 Å². The molecule has 0 aliphatic heterocycles. The maximum Gasteiger partial charge on any atom is 0.183 e. The zero-order valence-electron chi connectivity index (χ0n) is 11.0. The number of hydrogen-bond donors (Lipinski definition) is 1. The molecule has 0 aliphatic carbocycles. The smallest absolute Gasteiger partial charge is 0.183 e.